The number of rotatable bonds is 4. The number of carbonyl (C=O) groups is 2. The smallest absolute Gasteiger partial charge is 0.333 e. The molecule has 0 fully saturated rings. The van der Waals surface area contributed by atoms with Crippen LogP contribution < -0.4 is 5.32 Å². The van der Waals surface area contributed by atoms with Crippen molar-refractivity contribution in [3.8, 4) is 0 Å². The minimum absolute atomic E-state index is 0.0468. The Hall–Kier alpha value is -1.63. The highest BCUT2D eigenvalue weighted by atomic mass is 79.9. The first-order valence-corrected chi connectivity index (χ1v) is 7.93. The van der Waals surface area contributed by atoms with Gasteiger partial charge in [0, 0.05) is 4.47 Å². The number of hydrogen-bond acceptors (Lipinski definition) is 4. The van der Waals surface area contributed by atoms with Gasteiger partial charge in [-0.15, -0.1) is 0 Å². The van der Waals surface area contributed by atoms with Crippen molar-refractivity contribution in [2.24, 2.45) is 0 Å². The third kappa shape index (κ3) is 4.43. The van der Waals surface area contributed by atoms with Gasteiger partial charge in [-0.1, -0.05) is 51.3 Å². The summed E-state index contributed by atoms with van der Waals surface area (Å²) in [6, 6.07) is 8.83. The van der Waals surface area contributed by atoms with Gasteiger partial charge in [-0.2, -0.15) is 0 Å². The maximum atomic E-state index is 12.4. The van der Waals surface area contributed by atoms with E-state index in [1.54, 1.807) is 24.3 Å². The topological polar surface area (TPSA) is 68.3 Å². The standard InChI is InChI=1S/C15H11BrCl2N2O3/c1-23-15(22)12(8-2-4-9(16)5-3-8)20-14(21)10-6-7-11(17)19-13(10)18/h2-7,12H,1H3,(H,20,21). The molecule has 1 aromatic heterocycles. The van der Waals surface area contributed by atoms with E-state index in [1.807, 2.05) is 0 Å². The van der Waals surface area contributed by atoms with Crippen molar-refractivity contribution in [2.75, 3.05) is 7.11 Å². The highest BCUT2D eigenvalue weighted by Gasteiger charge is 2.25. The van der Waals surface area contributed by atoms with Crippen LogP contribution in [0.3, 0.4) is 0 Å². The molecule has 120 valence electrons. The van der Waals surface area contributed by atoms with E-state index in [-0.39, 0.29) is 15.9 Å². The molecule has 23 heavy (non-hydrogen) atoms. The number of ether oxygens (including phenoxy) is 1. The van der Waals surface area contributed by atoms with Crippen LogP contribution in [0, 0.1) is 0 Å². The first-order chi connectivity index (χ1) is 10.9. The Morgan fingerprint density at radius 2 is 1.83 bits per heavy atom. The SMILES string of the molecule is COC(=O)C(NC(=O)c1ccc(Cl)nc1Cl)c1ccc(Br)cc1. The van der Waals surface area contributed by atoms with Crippen molar-refractivity contribution < 1.29 is 14.3 Å². The van der Waals surface area contributed by atoms with Crippen molar-refractivity contribution in [1.82, 2.24) is 10.3 Å². The Bertz CT molecular complexity index is 738. The molecule has 0 aliphatic rings. The number of nitrogens with one attached hydrogen (secondary N) is 1. The van der Waals surface area contributed by atoms with Gasteiger partial charge in [0.1, 0.15) is 10.3 Å². The van der Waals surface area contributed by atoms with Crippen LogP contribution in [0.15, 0.2) is 40.9 Å². The molecule has 8 heteroatoms. The quantitative estimate of drug-likeness (QED) is 0.606. The molecule has 0 saturated carbocycles. The lowest BCUT2D eigenvalue weighted by Gasteiger charge is -2.17. The number of hydrogen-bond donors (Lipinski definition) is 1. The van der Waals surface area contributed by atoms with Gasteiger partial charge in [-0.25, -0.2) is 9.78 Å². The molecule has 0 radical (unpaired) electrons. The molecule has 1 aromatic carbocycles. The number of halogens is 3. The molecule has 0 aliphatic carbocycles. The molecule has 1 amide bonds. The van der Waals surface area contributed by atoms with E-state index in [4.69, 9.17) is 27.9 Å². The maximum Gasteiger partial charge on any atom is 0.333 e. The molecule has 1 unspecified atom stereocenters. The van der Waals surface area contributed by atoms with Crippen LogP contribution in [0.4, 0.5) is 0 Å². The zero-order valence-corrected chi connectivity index (χ0v) is 14.9. The summed E-state index contributed by atoms with van der Waals surface area (Å²) in [5, 5.41) is 2.71. The van der Waals surface area contributed by atoms with E-state index in [0.29, 0.717) is 5.56 Å². The fourth-order valence-corrected chi connectivity index (χ4v) is 2.54. The molecule has 0 spiro atoms. The molecule has 1 atom stereocenters. The second-order valence-corrected chi connectivity index (χ2v) is 6.11. The molecular formula is C15H11BrCl2N2O3. The molecule has 5 nitrogen and oxygen atoms in total. The van der Waals surface area contributed by atoms with Crippen molar-refractivity contribution in [1.29, 1.82) is 0 Å². The lowest BCUT2D eigenvalue weighted by atomic mass is 10.1. The van der Waals surface area contributed by atoms with Crippen LogP contribution in [0.5, 0.6) is 0 Å². The van der Waals surface area contributed by atoms with Crippen LogP contribution in [0.2, 0.25) is 10.3 Å². The van der Waals surface area contributed by atoms with Crippen LogP contribution in [-0.4, -0.2) is 24.0 Å². The first-order valence-electron chi connectivity index (χ1n) is 6.38. The van der Waals surface area contributed by atoms with Crippen molar-refractivity contribution >= 4 is 51.0 Å². The van der Waals surface area contributed by atoms with Crippen LogP contribution in [0.1, 0.15) is 22.0 Å². The van der Waals surface area contributed by atoms with Crippen LogP contribution >= 0.6 is 39.1 Å². The molecule has 2 aromatic rings. The summed E-state index contributed by atoms with van der Waals surface area (Å²) in [6.45, 7) is 0. The number of methoxy groups -OCH3 is 1. The Morgan fingerprint density at radius 3 is 2.39 bits per heavy atom. The highest BCUT2D eigenvalue weighted by molar-refractivity contribution is 9.10. The molecule has 0 saturated heterocycles. The minimum Gasteiger partial charge on any atom is -0.467 e. The molecule has 1 N–H and O–H groups in total. The molecule has 1 heterocycles. The lowest BCUT2D eigenvalue weighted by molar-refractivity contribution is -0.143. The zero-order valence-electron chi connectivity index (χ0n) is 11.8. The van der Waals surface area contributed by atoms with Crippen molar-refractivity contribution in [3.05, 3.63) is 62.3 Å². The van der Waals surface area contributed by atoms with Gasteiger partial charge in [0.05, 0.1) is 12.7 Å². The van der Waals surface area contributed by atoms with Crippen LogP contribution in [0.25, 0.3) is 0 Å². The predicted octanol–water partition coefficient (Wildman–Crippen LogP) is 3.80. The van der Waals surface area contributed by atoms with Gasteiger partial charge in [-0.3, -0.25) is 4.79 Å². The number of benzene rings is 1. The fourth-order valence-electron chi connectivity index (χ4n) is 1.84. The van der Waals surface area contributed by atoms with E-state index < -0.39 is 17.9 Å². The van der Waals surface area contributed by atoms with E-state index in [2.05, 4.69) is 26.2 Å². The summed E-state index contributed by atoms with van der Waals surface area (Å²) < 4.78 is 5.60. The van der Waals surface area contributed by atoms with Gasteiger partial charge in [0.2, 0.25) is 0 Å². The Labute approximate surface area is 151 Å². The Kier molecular flexibility index (Phi) is 5.98. The van der Waals surface area contributed by atoms with Gasteiger partial charge in [0.15, 0.2) is 6.04 Å². The number of aromatic nitrogens is 1. The number of nitrogens with zero attached hydrogens (tertiary/aromatic N) is 1. The summed E-state index contributed by atoms with van der Waals surface area (Å²) in [6.07, 6.45) is 0. The summed E-state index contributed by atoms with van der Waals surface area (Å²) in [7, 11) is 1.25. The molecule has 2 rings (SSSR count). The fraction of sp³-hybridized carbons (Fsp3) is 0.133. The summed E-state index contributed by atoms with van der Waals surface area (Å²) in [4.78, 5) is 28.1. The first kappa shape index (κ1) is 17.7. The maximum absolute atomic E-state index is 12.4. The largest absolute Gasteiger partial charge is 0.467 e. The number of pyridine rings is 1. The monoisotopic (exact) mass is 416 g/mol. The predicted molar refractivity (Wildman–Crippen MR) is 90.6 cm³/mol. The van der Waals surface area contributed by atoms with Crippen molar-refractivity contribution in [2.45, 2.75) is 6.04 Å². The van der Waals surface area contributed by atoms with E-state index in [9.17, 15) is 9.59 Å². The molecular weight excluding hydrogens is 407 g/mol. The van der Waals surface area contributed by atoms with Gasteiger partial charge in [0.25, 0.3) is 5.91 Å². The van der Waals surface area contributed by atoms with E-state index >= 15 is 0 Å². The summed E-state index contributed by atoms with van der Waals surface area (Å²) in [5.74, 6) is -1.16. The lowest BCUT2D eigenvalue weighted by Crippen LogP contribution is -2.34. The second kappa shape index (κ2) is 7.77. The average molecular weight is 418 g/mol. The summed E-state index contributed by atoms with van der Waals surface area (Å²) >= 11 is 14.9. The van der Waals surface area contributed by atoms with Crippen LogP contribution in [-0.2, 0) is 9.53 Å². The number of carbonyl (C=O) groups excluding carboxylic acids is 2. The zero-order chi connectivity index (χ0) is 17.0. The van der Waals surface area contributed by atoms with Gasteiger partial charge < -0.3 is 10.1 Å². The third-order valence-electron chi connectivity index (χ3n) is 2.98. The molecule has 0 bridgehead atoms. The Morgan fingerprint density at radius 1 is 1.17 bits per heavy atom. The van der Waals surface area contributed by atoms with Crippen molar-refractivity contribution in [3.63, 3.8) is 0 Å². The minimum atomic E-state index is -0.965. The number of esters is 1. The third-order valence-corrected chi connectivity index (χ3v) is 4.00. The van der Waals surface area contributed by atoms with E-state index in [1.165, 1.54) is 19.2 Å². The summed E-state index contributed by atoms with van der Waals surface area (Å²) in [5.41, 5.74) is 0.688. The average Bonchev–Trinajstić information content (AvgIpc) is 2.52. The highest BCUT2D eigenvalue weighted by Crippen LogP contribution is 2.21. The second-order valence-electron chi connectivity index (χ2n) is 4.45. The van der Waals surface area contributed by atoms with Gasteiger partial charge >= 0.3 is 5.97 Å². The van der Waals surface area contributed by atoms with Gasteiger partial charge in [-0.05, 0) is 29.8 Å². The van der Waals surface area contributed by atoms with E-state index in [0.717, 1.165) is 4.47 Å². The molecule has 0 aliphatic heterocycles. The number of amides is 1. The Balaban J connectivity index is 2.29. The normalized spacial score (nSPS) is 11.7.